The molecule has 2 aromatic rings. The Hall–Kier alpha value is -1.43. The van der Waals surface area contributed by atoms with E-state index in [-0.39, 0.29) is 0 Å². The lowest BCUT2D eigenvalue weighted by molar-refractivity contribution is 0.0166. The summed E-state index contributed by atoms with van der Waals surface area (Å²) in [6.45, 7) is 4.24. The predicted molar refractivity (Wildman–Crippen MR) is 81.3 cm³/mol. The largest absolute Gasteiger partial charge is 0.379 e. The average molecular weight is 289 g/mol. The highest BCUT2D eigenvalue weighted by Gasteiger charge is 2.14. The van der Waals surface area contributed by atoms with Crippen LogP contribution >= 0.6 is 0 Å². The van der Waals surface area contributed by atoms with Crippen LogP contribution in [0, 0.1) is 0 Å². The van der Waals surface area contributed by atoms with Gasteiger partial charge >= 0.3 is 0 Å². The van der Waals surface area contributed by atoms with Crippen molar-refractivity contribution in [2.45, 2.75) is 31.9 Å². The van der Waals surface area contributed by atoms with Crippen LogP contribution < -0.4 is 5.32 Å². The predicted octanol–water partition coefficient (Wildman–Crippen LogP) is 2.01. The molecule has 1 N–H and O–H groups in total. The van der Waals surface area contributed by atoms with Crippen molar-refractivity contribution in [2.75, 3.05) is 26.4 Å². The van der Waals surface area contributed by atoms with Crippen LogP contribution in [0.1, 0.15) is 24.8 Å². The van der Waals surface area contributed by atoms with Crippen molar-refractivity contribution in [3.63, 3.8) is 0 Å². The fourth-order valence-corrected chi connectivity index (χ4v) is 2.64. The van der Waals surface area contributed by atoms with Gasteiger partial charge in [0, 0.05) is 31.5 Å². The van der Waals surface area contributed by atoms with Crippen LogP contribution in [-0.4, -0.2) is 42.1 Å². The van der Waals surface area contributed by atoms with Gasteiger partial charge < -0.3 is 14.8 Å². The van der Waals surface area contributed by atoms with Gasteiger partial charge in [-0.15, -0.1) is 0 Å². The zero-order chi connectivity index (χ0) is 14.3. The van der Waals surface area contributed by atoms with Gasteiger partial charge in [0.05, 0.1) is 24.4 Å². The molecule has 5 nitrogen and oxygen atoms in total. The minimum absolute atomic E-state index is 0.330. The van der Waals surface area contributed by atoms with Gasteiger partial charge in [0.15, 0.2) is 0 Å². The van der Waals surface area contributed by atoms with Crippen molar-refractivity contribution in [2.24, 2.45) is 0 Å². The molecule has 1 aliphatic rings. The van der Waals surface area contributed by atoms with E-state index in [0.29, 0.717) is 6.10 Å². The van der Waals surface area contributed by atoms with E-state index in [1.54, 1.807) is 0 Å². The van der Waals surface area contributed by atoms with E-state index in [1.165, 1.54) is 17.5 Å². The first-order valence-corrected chi connectivity index (χ1v) is 7.75. The summed E-state index contributed by atoms with van der Waals surface area (Å²) < 4.78 is 13.1. The first-order valence-electron chi connectivity index (χ1n) is 7.75. The minimum Gasteiger partial charge on any atom is -0.379 e. The molecule has 3 rings (SSSR count). The number of pyridine rings is 1. The quantitative estimate of drug-likeness (QED) is 0.755. The molecule has 1 aliphatic heterocycles. The highest BCUT2D eigenvalue weighted by atomic mass is 16.5. The minimum atomic E-state index is 0.330. The Kier molecular flexibility index (Phi) is 5.21. The lowest BCUT2D eigenvalue weighted by Gasteiger charge is -2.10. The Morgan fingerprint density at radius 1 is 1.43 bits per heavy atom. The summed E-state index contributed by atoms with van der Waals surface area (Å²) in [5.41, 5.74) is 2.40. The number of nitrogens with one attached hydrogen (secondary N) is 1. The lowest BCUT2D eigenvalue weighted by atomic mass is 10.2. The third-order valence-electron chi connectivity index (χ3n) is 3.79. The van der Waals surface area contributed by atoms with Crippen molar-refractivity contribution in [3.8, 4) is 0 Å². The number of hydrogen-bond acceptors (Lipinski definition) is 4. The highest BCUT2D eigenvalue weighted by Crippen LogP contribution is 2.12. The van der Waals surface area contributed by atoms with E-state index < -0.39 is 0 Å². The molecule has 0 amide bonds. The maximum absolute atomic E-state index is 5.64. The maximum atomic E-state index is 5.64. The third-order valence-corrected chi connectivity index (χ3v) is 3.79. The first-order chi connectivity index (χ1) is 10.4. The SMILES string of the molecule is c1ccn2ncc(CNCCCOCC3CCCO3)c2c1. The van der Waals surface area contributed by atoms with E-state index in [9.17, 15) is 0 Å². The van der Waals surface area contributed by atoms with Crippen LogP contribution in [0.3, 0.4) is 0 Å². The van der Waals surface area contributed by atoms with E-state index in [1.807, 2.05) is 29.0 Å². The Balaban J connectivity index is 1.29. The molecule has 0 bridgehead atoms. The Labute approximate surface area is 125 Å². The summed E-state index contributed by atoms with van der Waals surface area (Å²) in [6.07, 6.45) is 7.57. The average Bonchev–Trinajstić information content (AvgIpc) is 3.16. The standard InChI is InChI=1S/C16H23N3O2/c1-2-8-19-16(6-1)14(12-18-19)11-17-7-4-9-20-13-15-5-3-10-21-15/h1-2,6,8,12,15,17H,3-5,7,9-11,13H2. The topological polar surface area (TPSA) is 47.8 Å². The molecule has 5 heteroatoms. The molecule has 21 heavy (non-hydrogen) atoms. The van der Waals surface area contributed by atoms with Crippen molar-refractivity contribution in [3.05, 3.63) is 36.2 Å². The van der Waals surface area contributed by atoms with E-state index in [0.717, 1.165) is 45.8 Å². The Morgan fingerprint density at radius 2 is 2.43 bits per heavy atom. The molecule has 1 unspecified atom stereocenters. The van der Waals surface area contributed by atoms with Gasteiger partial charge in [0.25, 0.3) is 0 Å². The third kappa shape index (κ3) is 4.03. The monoisotopic (exact) mass is 289 g/mol. The molecular weight excluding hydrogens is 266 g/mol. The van der Waals surface area contributed by atoms with Gasteiger partial charge in [-0.3, -0.25) is 0 Å². The summed E-state index contributed by atoms with van der Waals surface area (Å²) in [5, 5.41) is 7.77. The second kappa shape index (κ2) is 7.54. The van der Waals surface area contributed by atoms with Crippen LogP contribution in [0.15, 0.2) is 30.6 Å². The molecule has 0 aromatic carbocycles. The zero-order valence-electron chi connectivity index (χ0n) is 12.3. The van der Waals surface area contributed by atoms with Gasteiger partial charge in [0.1, 0.15) is 0 Å². The van der Waals surface area contributed by atoms with Crippen molar-refractivity contribution in [1.82, 2.24) is 14.9 Å². The molecule has 1 saturated heterocycles. The Morgan fingerprint density at radius 3 is 3.33 bits per heavy atom. The molecule has 0 radical (unpaired) electrons. The van der Waals surface area contributed by atoms with Gasteiger partial charge in [-0.2, -0.15) is 5.10 Å². The van der Waals surface area contributed by atoms with Crippen molar-refractivity contribution < 1.29 is 9.47 Å². The van der Waals surface area contributed by atoms with Crippen LogP contribution in [0.2, 0.25) is 0 Å². The molecule has 3 heterocycles. The molecule has 114 valence electrons. The molecule has 1 fully saturated rings. The fourth-order valence-electron chi connectivity index (χ4n) is 2.64. The highest BCUT2D eigenvalue weighted by molar-refractivity contribution is 5.53. The molecule has 0 spiro atoms. The smallest absolute Gasteiger partial charge is 0.0809 e. The molecular formula is C16H23N3O2. The van der Waals surface area contributed by atoms with Gasteiger partial charge in [-0.05, 0) is 37.9 Å². The van der Waals surface area contributed by atoms with Crippen LogP contribution in [0.25, 0.3) is 5.52 Å². The van der Waals surface area contributed by atoms with Gasteiger partial charge in [-0.1, -0.05) is 6.07 Å². The molecule has 2 aromatic heterocycles. The number of fused-ring (bicyclic) bond motifs is 1. The maximum Gasteiger partial charge on any atom is 0.0809 e. The normalized spacial score (nSPS) is 18.6. The van der Waals surface area contributed by atoms with Crippen LogP contribution in [0.5, 0.6) is 0 Å². The summed E-state index contributed by atoms with van der Waals surface area (Å²) >= 11 is 0. The number of aromatic nitrogens is 2. The summed E-state index contributed by atoms with van der Waals surface area (Å²) in [4.78, 5) is 0. The summed E-state index contributed by atoms with van der Waals surface area (Å²) in [6, 6.07) is 6.12. The molecule has 0 aliphatic carbocycles. The van der Waals surface area contributed by atoms with E-state index in [2.05, 4.69) is 16.5 Å². The number of ether oxygens (including phenoxy) is 2. The Bertz CT molecular complexity index is 549. The van der Waals surface area contributed by atoms with Crippen LogP contribution in [-0.2, 0) is 16.0 Å². The lowest BCUT2D eigenvalue weighted by Crippen LogP contribution is -2.18. The van der Waals surface area contributed by atoms with E-state index in [4.69, 9.17) is 9.47 Å². The second-order valence-corrected chi connectivity index (χ2v) is 5.44. The van der Waals surface area contributed by atoms with Gasteiger partial charge in [-0.25, -0.2) is 4.52 Å². The zero-order valence-corrected chi connectivity index (χ0v) is 12.3. The van der Waals surface area contributed by atoms with E-state index >= 15 is 0 Å². The molecule has 1 atom stereocenters. The summed E-state index contributed by atoms with van der Waals surface area (Å²) in [5.74, 6) is 0. The number of hydrogen-bond donors (Lipinski definition) is 1. The number of nitrogens with zero attached hydrogens (tertiary/aromatic N) is 2. The van der Waals surface area contributed by atoms with Gasteiger partial charge in [0.2, 0.25) is 0 Å². The van der Waals surface area contributed by atoms with Crippen LogP contribution in [0.4, 0.5) is 0 Å². The first kappa shape index (κ1) is 14.5. The van der Waals surface area contributed by atoms with Crippen molar-refractivity contribution >= 4 is 5.52 Å². The second-order valence-electron chi connectivity index (χ2n) is 5.44. The fraction of sp³-hybridized carbons (Fsp3) is 0.562. The molecule has 0 saturated carbocycles. The van der Waals surface area contributed by atoms with Crippen molar-refractivity contribution in [1.29, 1.82) is 0 Å². The number of rotatable bonds is 8. The summed E-state index contributed by atoms with van der Waals surface area (Å²) in [7, 11) is 0.